The Morgan fingerprint density at radius 3 is 2.64 bits per heavy atom. The smallest absolute Gasteiger partial charge is 0.338 e. The summed E-state index contributed by atoms with van der Waals surface area (Å²) in [6.07, 6.45) is 1.60. The van der Waals surface area contributed by atoms with Gasteiger partial charge in [-0.3, -0.25) is 5.32 Å². The maximum absolute atomic E-state index is 11.7. The van der Waals surface area contributed by atoms with Gasteiger partial charge in [0.2, 0.25) is 5.95 Å². The van der Waals surface area contributed by atoms with Crippen molar-refractivity contribution in [3.05, 3.63) is 71.0 Å². The van der Waals surface area contributed by atoms with Crippen LogP contribution in [-0.2, 0) is 11.3 Å². The van der Waals surface area contributed by atoms with Gasteiger partial charge in [-0.15, -0.1) is 5.10 Å². The normalized spacial score (nSPS) is 10.4. The molecule has 9 heteroatoms. The number of nitrogens with zero attached hydrogens (tertiary/aromatic N) is 3. The summed E-state index contributed by atoms with van der Waals surface area (Å²) in [5.74, 6) is 0.00991. The molecular formula is C19H18ClN5O2S. The molecule has 144 valence electrons. The fraction of sp³-hybridized carbons (Fsp3) is 0.158. The number of carbonyl (C=O) groups excluding carboxylic acids is 1. The second-order valence-corrected chi connectivity index (χ2v) is 6.55. The molecule has 0 aliphatic heterocycles. The maximum atomic E-state index is 11.7. The van der Waals surface area contributed by atoms with Gasteiger partial charge in [0.1, 0.15) is 6.33 Å². The molecule has 0 saturated heterocycles. The van der Waals surface area contributed by atoms with Crippen LogP contribution in [0.2, 0.25) is 5.02 Å². The Morgan fingerprint density at radius 1 is 1.18 bits per heavy atom. The van der Waals surface area contributed by atoms with Crippen molar-refractivity contribution in [2.75, 3.05) is 17.2 Å². The van der Waals surface area contributed by atoms with Crippen LogP contribution in [0.4, 0.5) is 11.6 Å². The lowest BCUT2D eigenvalue weighted by Gasteiger charge is -2.08. The van der Waals surface area contributed by atoms with Crippen LogP contribution in [0.5, 0.6) is 0 Å². The molecule has 0 saturated carbocycles. The van der Waals surface area contributed by atoms with Gasteiger partial charge in [0.05, 0.1) is 18.7 Å². The molecule has 3 rings (SSSR count). The molecule has 0 amide bonds. The molecule has 1 heterocycles. The molecule has 0 atom stereocenters. The predicted molar refractivity (Wildman–Crippen MR) is 113 cm³/mol. The maximum Gasteiger partial charge on any atom is 0.338 e. The van der Waals surface area contributed by atoms with Crippen LogP contribution >= 0.6 is 23.8 Å². The zero-order chi connectivity index (χ0) is 19.9. The number of hydrogen-bond acceptors (Lipinski definition) is 5. The van der Waals surface area contributed by atoms with Crippen molar-refractivity contribution in [1.29, 1.82) is 0 Å². The highest BCUT2D eigenvalue weighted by atomic mass is 35.5. The first-order valence-electron chi connectivity index (χ1n) is 8.53. The summed E-state index contributed by atoms with van der Waals surface area (Å²) >= 11 is 11.4. The Balaban J connectivity index is 1.56. The number of ether oxygens (including phenoxy) is 1. The summed E-state index contributed by atoms with van der Waals surface area (Å²) in [4.78, 5) is 15.9. The van der Waals surface area contributed by atoms with Gasteiger partial charge in [0, 0.05) is 10.7 Å². The fourth-order valence-electron chi connectivity index (χ4n) is 2.40. The Labute approximate surface area is 172 Å². The third-order valence-electron chi connectivity index (χ3n) is 3.71. The van der Waals surface area contributed by atoms with Crippen LogP contribution in [-0.4, -0.2) is 32.5 Å². The number of aromatic nitrogens is 3. The van der Waals surface area contributed by atoms with Gasteiger partial charge in [0.25, 0.3) is 0 Å². The monoisotopic (exact) mass is 415 g/mol. The van der Waals surface area contributed by atoms with E-state index in [1.165, 1.54) is 0 Å². The van der Waals surface area contributed by atoms with E-state index in [9.17, 15) is 4.79 Å². The van der Waals surface area contributed by atoms with Crippen LogP contribution in [0.1, 0.15) is 22.8 Å². The predicted octanol–water partition coefficient (Wildman–Crippen LogP) is 3.97. The third-order valence-corrected chi connectivity index (χ3v) is 4.28. The van der Waals surface area contributed by atoms with E-state index in [0.717, 1.165) is 11.3 Å². The highest BCUT2D eigenvalue weighted by Gasteiger charge is 2.08. The number of carbonyl (C=O) groups is 1. The van der Waals surface area contributed by atoms with Crippen LogP contribution in [0, 0.1) is 0 Å². The molecule has 0 fully saturated rings. The number of thiocarbonyl (C=S) groups is 1. The zero-order valence-electron chi connectivity index (χ0n) is 15.1. The van der Waals surface area contributed by atoms with E-state index >= 15 is 0 Å². The summed E-state index contributed by atoms with van der Waals surface area (Å²) < 4.78 is 6.62. The summed E-state index contributed by atoms with van der Waals surface area (Å²) in [7, 11) is 0. The summed E-state index contributed by atoms with van der Waals surface area (Å²) in [6.45, 7) is 2.61. The number of esters is 1. The lowest BCUT2D eigenvalue weighted by molar-refractivity contribution is 0.0526. The summed E-state index contributed by atoms with van der Waals surface area (Å²) in [5, 5.41) is 11.3. The minimum absolute atomic E-state index is 0.333. The molecule has 28 heavy (non-hydrogen) atoms. The molecule has 7 nitrogen and oxygen atoms in total. The summed E-state index contributed by atoms with van der Waals surface area (Å²) in [5.41, 5.74) is 2.15. The van der Waals surface area contributed by atoms with Crippen molar-refractivity contribution < 1.29 is 9.53 Å². The van der Waals surface area contributed by atoms with Crippen molar-refractivity contribution >= 4 is 46.5 Å². The molecule has 0 aliphatic carbocycles. The first kappa shape index (κ1) is 19.8. The molecule has 0 spiro atoms. The van der Waals surface area contributed by atoms with Crippen LogP contribution in [0.15, 0.2) is 54.9 Å². The Kier molecular flexibility index (Phi) is 6.57. The quantitative estimate of drug-likeness (QED) is 0.465. The van der Waals surface area contributed by atoms with Gasteiger partial charge in [-0.05, 0) is 55.0 Å². The summed E-state index contributed by atoms with van der Waals surface area (Å²) in [6, 6.07) is 14.4. The van der Waals surface area contributed by atoms with E-state index in [1.807, 2.05) is 24.3 Å². The number of benzene rings is 2. The van der Waals surface area contributed by atoms with Crippen molar-refractivity contribution in [2.45, 2.75) is 13.5 Å². The van der Waals surface area contributed by atoms with E-state index in [4.69, 9.17) is 28.6 Å². The molecule has 0 radical (unpaired) electrons. The van der Waals surface area contributed by atoms with Crippen molar-refractivity contribution in [3.8, 4) is 0 Å². The third kappa shape index (κ3) is 5.28. The largest absolute Gasteiger partial charge is 0.462 e. The fourth-order valence-corrected chi connectivity index (χ4v) is 2.80. The van der Waals surface area contributed by atoms with Crippen molar-refractivity contribution in [1.82, 2.24) is 14.8 Å². The van der Waals surface area contributed by atoms with Gasteiger partial charge >= 0.3 is 5.97 Å². The lowest BCUT2D eigenvalue weighted by atomic mass is 10.2. The van der Waals surface area contributed by atoms with Gasteiger partial charge in [-0.25, -0.2) is 14.5 Å². The van der Waals surface area contributed by atoms with Crippen molar-refractivity contribution in [2.24, 2.45) is 0 Å². The molecule has 2 N–H and O–H groups in total. The molecule has 0 unspecified atom stereocenters. The molecule has 1 aromatic heterocycles. The van der Waals surface area contributed by atoms with Crippen LogP contribution in [0.25, 0.3) is 0 Å². The van der Waals surface area contributed by atoms with Crippen LogP contribution < -0.4 is 10.6 Å². The SMILES string of the molecule is CCOC(=O)c1ccc(NC(=S)Nc2ncn(Cc3ccccc3Cl)n2)cc1. The molecule has 2 aromatic carbocycles. The average molecular weight is 416 g/mol. The van der Waals surface area contributed by atoms with Crippen LogP contribution in [0.3, 0.4) is 0 Å². The molecule has 0 bridgehead atoms. The Hall–Kier alpha value is -2.97. The minimum atomic E-state index is -0.358. The first-order valence-corrected chi connectivity index (χ1v) is 9.32. The molecule has 3 aromatic rings. The average Bonchev–Trinajstić information content (AvgIpc) is 3.11. The van der Waals surface area contributed by atoms with E-state index in [0.29, 0.717) is 34.8 Å². The Bertz CT molecular complexity index is 974. The van der Waals surface area contributed by atoms with E-state index in [-0.39, 0.29) is 5.97 Å². The lowest BCUT2D eigenvalue weighted by Crippen LogP contribution is -2.20. The highest BCUT2D eigenvalue weighted by Crippen LogP contribution is 2.16. The van der Waals surface area contributed by atoms with E-state index in [2.05, 4.69) is 20.7 Å². The van der Waals surface area contributed by atoms with Gasteiger partial charge in [-0.2, -0.15) is 0 Å². The second-order valence-electron chi connectivity index (χ2n) is 5.73. The standard InChI is InChI=1S/C19H18ClN5O2S/c1-2-27-17(26)13-7-9-15(10-8-13)22-19(28)23-18-21-12-25(24-18)11-14-5-3-4-6-16(14)20/h3-10,12H,2,11H2,1H3,(H2,22,23,24,28). The number of anilines is 2. The number of nitrogens with one attached hydrogen (secondary N) is 2. The zero-order valence-corrected chi connectivity index (χ0v) is 16.6. The second kappa shape index (κ2) is 9.29. The number of rotatable bonds is 6. The Morgan fingerprint density at radius 2 is 1.93 bits per heavy atom. The molecular weight excluding hydrogens is 398 g/mol. The van der Waals surface area contributed by atoms with E-state index < -0.39 is 0 Å². The minimum Gasteiger partial charge on any atom is -0.462 e. The highest BCUT2D eigenvalue weighted by molar-refractivity contribution is 7.80. The van der Waals surface area contributed by atoms with Gasteiger partial charge < -0.3 is 10.1 Å². The van der Waals surface area contributed by atoms with Gasteiger partial charge in [-0.1, -0.05) is 29.8 Å². The number of halogens is 1. The number of hydrogen-bond donors (Lipinski definition) is 2. The molecule has 0 aliphatic rings. The van der Waals surface area contributed by atoms with Gasteiger partial charge in [0.15, 0.2) is 5.11 Å². The van der Waals surface area contributed by atoms with Crippen molar-refractivity contribution in [3.63, 3.8) is 0 Å². The van der Waals surface area contributed by atoms with E-state index in [1.54, 1.807) is 42.2 Å². The topological polar surface area (TPSA) is 81.1 Å². The first-order chi connectivity index (χ1) is 13.5.